The van der Waals surface area contributed by atoms with Gasteiger partial charge in [-0.1, -0.05) is 24.3 Å². The molecule has 2 heterocycles. The zero-order valence-electron chi connectivity index (χ0n) is 19.2. The summed E-state index contributed by atoms with van der Waals surface area (Å²) < 4.78 is 24.4. The number of hydrogen-bond donors (Lipinski definition) is 2. The second kappa shape index (κ2) is 8.49. The summed E-state index contributed by atoms with van der Waals surface area (Å²) in [4.78, 5) is 17.6. The number of carbonyl (C=O) groups excluding carboxylic acids is 1. The molecule has 1 saturated heterocycles. The van der Waals surface area contributed by atoms with Crippen molar-refractivity contribution in [1.82, 2.24) is 4.98 Å². The van der Waals surface area contributed by atoms with Crippen LogP contribution in [0.3, 0.4) is 0 Å². The van der Waals surface area contributed by atoms with E-state index in [1.165, 1.54) is 24.3 Å². The number of benzene rings is 2. The van der Waals surface area contributed by atoms with E-state index >= 15 is 0 Å². The minimum absolute atomic E-state index is 0.196. The van der Waals surface area contributed by atoms with Crippen LogP contribution >= 0.6 is 0 Å². The van der Waals surface area contributed by atoms with Crippen LogP contribution in [0.2, 0.25) is 0 Å². The summed E-state index contributed by atoms with van der Waals surface area (Å²) in [5.74, 6) is -0.0381. The zero-order valence-corrected chi connectivity index (χ0v) is 19.2. The van der Waals surface area contributed by atoms with Gasteiger partial charge in [0.05, 0.1) is 18.8 Å². The van der Waals surface area contributed by atoms with Crippen LogP contribution in [0.5, 0.6) is 5.88 Å². The number of ether oxygens (including phenoxy) is 2. The Morgan fingerprint density at radius 2 is 1.82 bits per heavy atom. The average Bonchev–Trinajstić information content (AvgIpc) is 3.59. The molecule has 0 radical (unpaired) electrons. The summed E-state index contributed by atoms with van der Waals surface area (Å²) >= 11 is 0. The number of aliphatic hydroxyl groups is 1. The molecule has 1 aliphatic heterocycles. The summed E-state index contributed by atoms with van der Waals surface area (Å²) in [5.41, 5.74) is 1.86. The maximum Gasteiger partial charge on any atom is 0.239 e. The van der Waals surface area contributed by atoms with Crippen molar-refractivity contribution in [3.63, 3.8) is 0 Å². The van der Waals surface area contributed by atoms with Crippen molar-refractivity contribution in [1.29, 1.82) is 0 Å². The molecular formula is C27H27FN2O4. The summed E-state index contributed by atoms with van der Waals surface area (Å²) in [6.07, 6.45) is 4.00. The largest absolute Gasteiger partial charge is 0.474 e. The Bertz CT molecular complexity index is 1190. The topological polar surface area (TPSA) is 80.7 Å². The van der Waals surface area contributed by atoms with Gasteiger partial charge in [0.2, 0.25) is 11.8 Å². The molecule has 176 valence electrons. The Morgan fingerprint density at radius 3 is 2.38 bits per heavy atom. The van der Waals surface area contributed by atoms with Gasteiger partial charge < -0.3 is 19.9 Å². The molecule has 6 nitrogen and oxygen atoms in total. The molecule has 0 atom stereocenters. The quantitative estimate of drug-likeness (QED) is 0.538. The molecule has 1 aromatic heterocycles. The van der Waals surface area contributed by atoms with Crippen LogP contribution in [0.4, 0.5) is 10.1 Å². The number of anilines is 1. The molecular weight excluding hydrogens is 435 g/mol. The molecule has 2 aliphatic rings. The smallest absolute Gasteiger partial charge is 0.239 e. The Labute approximate surface area is 197 Å². The fraction of sp³-hybridized carbons (Fsp3) is 0.333. The van der Waals surface area contributed by atoms with Crippen molar-refractivity contribution >= 4 is 11.6 Å². The number of halogens is 1. The Morgan fingerprint density at radius 1 is 1.15 bits per heavy atom. The Kier molecular flexibility index (Phi) is 5.62. The first-order valence-electron chi connectivity index (χ1n) is 11.4. The predicted molar refractivity (Wildman–Crippen MR) is 126 cm³/mol. The molecule has 0 unspecified atom stereocenters. The lowest BCUT2D eigenvalue weighted by atomic mass is 9.77. The van der Waals surface area contributed by atoms with Crippen LogP contribution in [-0.4, -0.2) is 35.3 Å². The second-order valence-corrected chi connectivity index (χ2v) is 9.56. The first kappa shape index (κ1) is 22.5. The number of carbonyl (C=O) groups is 1. The third-order valence-electron chi connectivity index (χ3n) is 6.33. The van der Waals surface area contributed by atoms with Gasteiger partial charge in [-0.25, -0.2) is 9.37 Å². The van der Waals surface area contributed by atoms with Crippen LogP contribution in [0, 0.1) is 5.82 Å². The number of pyridine rings is 1. The van der Waals surface area contributed by atoms with Gasteiger partial charge in [0.25, 0.3) is 0 Å². The lowest BCUT2D eigenvalue weighted by Gasteiger charge is -2.40. The van der Waals surface area contributed by atoms with Gasteiger partial charge in [0.15, 0.2) is 0 Å². The first-order chi connectivity index (χ1) is 16.2. The van der Waals surface area contributed by atoms with Crippen molar-refractivity contribution in [3.8, 4) is 17.0 Å². The van der Waals surface area contributed by atoms with Crippen molar-refractivity contribution in [2.45, 2.75) is 43.8 Å². The molecule has 1 amide bonds. The van der Waals surface area contributed by atoms with E-state index < -0.39 is 11.0 Å². The number of nitrogens with zero attached hydrogens (tertiary/aromatic N) is 1. The van der Waals surface area contributed by atoms with Gasteiger partial charge in [-0.2, -0.15) is 0 Å². The molecule has 2 fully saturated rings. The molecule has 3 aromatic rings. The Hall–Kier alpha value is -3.29. The van der Waals surface area contributed by atoms with E-state index in [0.29, 0.717) is 11.6 Å². The van der Waals surface area contributed by atoms with E-state index in [4.69, 9.17) is 9.47 Å². The SMILES string of the molecule is CC(C)(O)c1cc(OC2CC2)ncc1-c1ccc(C2(C(=O)Nc3ccc(F)cc3)COC2)cc1. The second-order valence-electron chi connectivity index (χ2n) is 9.56. The molecule has 1 aliphatic carbocycles. The summed E-state index contributed by atoms with van der Waals surface area (Å²) in [7, 11) is 0. The molecule has 2 N–H and O–H groups in total. The van der Waals surface area contributed by atoms with Gasteiger partial charge in [-0.15, -0.1) is 0 Å². The lowest BCUT2D eigenvalue weighted by Crippen LogP contribution is -2.55. The van der Waals surface area contributed by atoms with Gasteiger partial charge in [-0.3, -0.25) is 4.79 Å². The standard InChI is InChI=1S/C27H27FN2O4/c1-26(2,32)23-13-24(34-21-11-12-21)29-14-22(23)17-3-5-18(6-4-17)27(15-33-16-27)25(31)30-20-9-7-19(28)8-10-20/h3-10,13-14,21,32H,11-12,15-16H2,1-2H3,(H,30,31). The monoisotopic (exact) mass is 462 g/mol. The van der Waals surface area contributed by atoms with Crippen molar-refractivity contribution < 1.29 is 23.8 Å². The van der Waals surface area contributed by atoms with Crippen LogP contribution in [0.25, 0.3) is 11.1 Å². The molecule has 5 rings (SSSR count). The highest BCUT2D eigenvalue weighted by Crippen LogP contribution is 2.38. The average molecular weight is 463 g/mol. The molecule has 0 spiro atoms. The van der Waals surface area contributed by atoms with Crippen molar-refractivity contribution in [2.24, 2.45) is 0 Å². The summed E-state index contributed by atoms with van der Waals surface area (Å²) in [6, 6.07) is 15.2. The number of nitrogens with one attached hydrogen (secondary N) is 1. The van der Waals surface area contributed by atoms with Crippen LogP contribution in [0.15, 0.2) is 60.8 Å². The minimum atomic E-state index is -1.09. The van der Waals surface area contributed by atoms with Crippen molar-refractivity contribution in [3.05, 3.63) is 77.7 Å². The highest BCUT2D eigenvalue weighted by Gasteiger charge is 2.47. The molecule has 2 aromatic carbocycles. The van der Waals surface area contributed by atoms with E-state index in [0.717, 1.165) is 35.1 Å². The van der Waals surface area contributed by atoms with Gasteiger partial charge in [0.1, 0.15) is 17.3 Å². The van der Waals surface area contributed by atoms with Crippen molar-refractivity contribution in [2.75, 3.05) is 18.5 Å². The molecule has 1 saturated carbocycles. The number of amides is 1. The summed E-state index contributed by atoms with van der Waals surface area (Å²) in [6.45, 7) is 4.01. The van der Waals surface area contributed by atoms with Crippen LogP contribution in [0.1, 0.15) is 37.8 Å². The molecule has 7 heteroatoms. The zero-order chi connectivity index (χ0) is 23.9. The molecule has 0 bridgehead atoms. The van der Waals surface area contributed by atoms with Gasteiger partial charge >= 0.3 is 0 Å². The first-order valence-corrected chi connectivity index (χ1v) is 11.4. The third-order valence-corrected chi connectivity index (χ3v) is 6.33. The van der Waals surface area contributed by atoms with E-state index in [-0.39, 0.29) is 31.0 Å². The van der Waals surface area contributed by atoms with Crippen LogP contribution < -0.4 is 10.1 Å². The lowest BCUT2D eigenvalue weighted by molar-refractivity contribution is -0.139. The normalized spacial score (nSPS) is 17.1. The third kappa shape index (κ3) is 4.41. The van der Waals surface area contributed by atoms with E-state index in [9.17, 15) is 14.3 Å². The highest BCUT2D eigenvalue weighted by atomic mass is 19.1. The fourth-order valence-electron chi connectivity index (χ4n) is 4.08. The summed E-state index contributed by atoms with van der Waals surface area (Å²) in [5, 5.41) is 13.7. The number of hydrogen-bond acceptors (Lipinski definition) is 5. The molecule has 34 heavy (non-hydrogen) atoms. The van der Waals surface area contributed by atoms with E-state index in [1.807, 2.05) is 24.3 Å². The number of aromatic nitrogens is 1. The maximum absolute atomic E-state index is 13.2. The Balaban J connectivity index is 1.41. The maximum atomic E-state index is 13.2. The van der Waals surface area contributed by atoms with Crippen LogP contribution in [-0.2, 0) is 20.5 Å². The highest BCUT2D eigenvalue weighted by molar-refractivity contribution is 6.00. The van der Waals surface area contributed by atoms with Gasteiger partial charge in [0, 0.05) is 23.5 Å². The van der Waals surface area contributed by atoms with Gasteiger partial charge in [-0.05, 0) is 67.6 Å². The van der Waals surface area contributed by atoms with E-state index in [1.54, 1.807) is 26.1 Å². The van der Waals surface area contributed by atoms with E-state index in [2.05, 4.69) is 10.3 Å². The number of rotatable bonds is 7. The minimum Gasteiger partial charge on any atom is -0.474 e. The fourth-order valence-corrected chi connectivity index (χ4v) is 4.08. The predicted octanol–water partition coefficient (Wildman–Crippen LogP) is 4.56.